The van der Waals surface area contributed by atoms with E-state index < -0.39 is 11.0 Å². The van der Waals surface area contributed by atoms with Crippen LogP contribution in [0.15, 0.2) is 66.2 Å². The third-order valence-electron chi connectivity index (χ3n) is 7.61. The summed E-state index contributed by atoms with van der Waals surface area (Å²) in [6, 6.07) is 17.4. The van der Waals surface area contributed by atoms with E-state index in [1.807, 2.05) is 54.6 Å². The number of carbonyl (C=O) groups is 1. The number of rotatable bonds is 12. The molecular formula is C31H42O5. The minimum absolute atomic E-state index is 0.183. The molecule has 0 N–H and O–H groups in total. The van der Waals surface area contributed by atoms with Crippen molar-refractivity contribution >= 4 is 5.97 Å². The van der Waals surface area contributed by atoms with Crippen LogP contribution in [-0.2, 0) is 20.9 Å². The number of esters is 1. The van der Waals surface area contributed by atoms with E-state index in [9.17, 15) is 4.79 Å². The second-order valence-electron chi connectivity index (χ2n) is 11.0. The highest BCUT2D eigenvalue weighted by atomic mass is 16.6. The summed E-state index contributed by atoms with van der Waals surface area (Å²) in [4.78, 5) is 13.3. The molecule has 0 spiro atoms. The third kappa shape index (κ3) is 6.31. The Bertz CT molecular complexity index is 999. The van der Waals surface area contributed by atoms with Gasteiger partial charge in [-0.3, -0.25) is 0 Å². The Morgan fingerprint density at radius 1 is 0.889 bits per heavy atom. The standard InChI is InChI=1S/C31H42O5/c1-22(2)27(23(3)4)17-18-28-29(32)36-31(30(28,5)6,20-34-19-24-11-9-8-10-12-24)21-35-26-15-13-25(33-7)14-16-26/h8-16,18,22-23,27H,17,19-21H2,1-7H3/b28-18+. The number of carbonyl (C=O) groups excluding carboxylic acids is 1. The van der Waals surface area contributed by atoms with Gasteiger partial charge in [0.1, 0.15) is 18.1 Å². The van der Waals surface area contributed by atoms with Crippen molar-refractivity contribution in [3.05, 3.63) is 71.8 Å². The zero-order chi connectivity index (χ0) is 26.3. The van der Waals surface area contributed by atoms with Gasteiger partial charge in [-0.1, -0.05) is 78.0 Å². The van der Waals surface area contributed by atoms with E-state index in [1.54, 1.807) is 7.11 Å². The molecule has 0 aliphatic carbocycles. The molecule has 5 nitrogen and oxygen atoms in total. The first-order valence-electron chi connectivity index (χ1n) is 12.9. The second-order valence-corrected chi connectivity index (χ2v) is 11.0. The zero-order valence-electron chi connectivity index (χ0n) is 22.9. The molecule has 36 heavy (non-hydrogen) atoms. The monoisotopic (exact) mass is 494 g/mol. The van der Waals surface area contributed by atoms with Gasteiger partial charge in [0.05, 0.1) is 20.3 Å². The molecule has 1 unspecified atom stereocenters. The van der Waals surface area contributed by atoms with Gasteiger partial charge in [0, 0.05) is 11.0 Å². The lowest BCUT2D eigenvalue weighted by atomic mass is 9.71. The normalized spacial score (nSPS) is 20.4. The largest absolute Gasteiger partial charge is 0.497 e. The van der Waals surface area contributed by atoms with E-state index in [2.05, 4.69) is 47.6 Å². The van der Waals surface area contributed by atoms with E-state index in [4.69, 9.17) is 18.9 Å². The predicted octanol–water partition coefficient (Wildman–Crippen LogP) is 6.86. The van der Waals surface area contributed by atoms with Crippen molar-refractivity contribution in [2.24, 2.45) is 23.2 Å². The Labute approximate surface area is 216 Å². The average molecular weight is 495 g/mol. The molecule has 3 rings (SSSR count). The number of methoxy groups -OCH3 is 1. The second kappa shape index (κ2) is 12.0. The van der Waals surface area contributed by atoms with E-state index in [1.165, 1.54) is 0 Å². The van der Waals surface area contributed by atoms with Gasteiger partial charge < -0.3 is 18.9 Å². The van der Waals surface area contributed by atoms with Crippen LogP contribution in [-0.4, -0.2) is 31.9 Å². The van der Waals surface area contributed by atoms with Crippen molar-refractivity contribution < 1.29 is 23.7 Å². The van der Waals surface area contributed by atoms with Crippen LogP contribution >= 0.6 is 0 Å². The molecule has 1 saturated heterocycles. The Hall–Kier alpha value is -2.79. The average Bonchev–Trinajstić information content (AvgIpc) is 3.03. The van der Waals surface area contributed by atoms with E-state index >= 15 is 0 Å². The smallest absolute Gasteiger partial charge is 0.335 e. The third-order valence-corrected chi connectivity index (χ3v) is 7.61. The highest BCUT2D eigenvalue weighted by Gasteiger charge is 2.59. The summed E-state index contributed by atoms with van der Waals surface area (Å²) in [5.41, 5.74) is 0.204. The van der Waals surface area contributed by atoms with Gasteiger partial charge in [0.2, 0.25) is 0 Å². The number of cyclic esters (lactones) is 1. The lowest BCUT2D eigenvalue weighted by molar-refractivity contribution is -0.166. The van der Waals surface area contributed by atoms with Gasteiger partial charge in [0.25, 0.3) is 0 Å². The summed E-state index contributed by atoms with van der Waals surface area (Å²) in [6.07, 6.45) is 2.93. The fourth-order valence-electron chi connectivity index (χ4n) is 5.01. The molecule has 0 aromatic heterocycles. The maximum absolute atomic E-state index is 13.3. The minimum Gasteiger partial charge on any atom is -0.497 e. The van der Waals surface area contributed by atoms with Gasteiger partial charge >= 0.3 is 5.97 Å². The Morgan fingerprint density at radius 2 is 1.50 bits per heavy atom. The molecule has 1 heterocycles. The number of benzene rings is 2. The summed E-state index contributed by atoms with van der Waals surface area (Å²) < 4.78 is 23.8. The Morgan fingerprint density at radius 3 is 2.08 bits per heavy atom. The van der Waals surface area contributed by atoms with E-state index in [0.717, 1.165) is 17.7 Å². The van der Waals surface area contributed by atoms with E-state index in [0.29, 0.717) is 35.7 Å². The quantitative estimate of drug-likeness (QED) is 0.238. The molecule has 0 bridgehead atoms. The predicted molar refractivity (Wildman–Crippen MR) is 143 cm³/mol. The maximum atomic E-state index is 13.3. The Balaban J connectivity index is 1.85. The molecule has 5 heteroatoms. The van der Waals surface area contributed by atoms with Gasteiger partial charge in [-0.2, -0.15) is 0 Å². The van der Waals surface area contributed by atoms with Gasteiger partial charge in [-0.15, -0.1) is 0 Å². The van der Waals surface area contributed by atoms with Crippen LogP contribution in [0.4, 0.5) is 0 Å². The first kappa shape index (κ1) is 27.8. The topological polar surface area (TPSA) is 54.0 Å². The molecule has 1 fully saturated rings. The van der Waals surface area contributed by atoms with Crippen LogP contribution in [0.3, 0.4) is 0 Å². The van der Waals surface area contributed by atoms with Gasteiger partial charge in [-0.25, -0.2) is 4.79 Å². The first-order valence-corrected chi connectivity index (χ1v) is 12.9. The summed E-state index contributed by atoms with van der Waals surface area (Å²) in [5.74, 6) is 2.70. The van der Waals surface area contributed by atoms with Gasteiger partial charge in [0.15, 0.2) is 5.60 Å². The Kier molecular flexibility index (Phi) is 9.24. The molecule has 2 aromatic carbocycles. The minimum atomic E-state index is -0.963. The van der Waals surface area contributed by atoms with Crippen molar-refractivity contribution in [2.75, 3.05) is 20.3 Å². The molecular weight excluding hydrogens is 452 g/mol. The number of allylic oxidation sites excluding steroid dienone is 1. The molecule has 1 aliphatic heterocycles. The molecule has 196 valence electrons. The fraction of sp³-hybridized carbons (Fsp3) is 0.516. The summed E-state index contributed by atoms with van der Waals surface area (Å²) in [6.45, 7) is 13.9. The first-order chi connectivity index (χ1) is 17.1. The fourth-order valence-corrected chi connectivity index (χ4v) is 5.01. The van der Waals surface area contributed by atoms with Crippen LogP contribution in [0, 0.1) is 23.2 Å². The van der Waals surface area contributed by atoms with Gasteiger partial charge in [-0.05, 0) is 54.0 Å². The lowest BCUT2D eigenvalue weighted by Crippen LogP contribution is -2.51. The molecule has 0 saturated carbocycles. The molecule has 1 atom stereocenters. The molecule has 1 aliphatic rings. The van der Waals surface area contributed by atoms with Crippen molar-refractivity contribution in [1.29, 1.82) is 0 Å². The molecule has 0 radical (unpaired) electrons. The SMILES string of the molecule is COc1ccc(OCC2(COCc3ccccc3)OC(=O)/C(=C\CC(C(C)C)C(C)C)C2(C)C)cc1. The van der Waals surface area contributed by atoms with Crippen LogP contribution in [0.5, 0.6) is 11.5 Å². The number of hydrogen-bond acceptors (Lipinski definition) is 5. The van der Waals surface area contributed by atoms with Crippen molar-refractivity contribution in [1.82, 2.24) is 0 Å². The zero-order valence-corrected chi connectivity index (χ0v) is 22.9. The molecule has 2 aromatic rings. The van der Waals surface area contributed by atoms with Crippen molar-refractivity contribution in [3.63, 3.8) is 0 Å². The lowest BCUT2D eigenvalue weighted by Gasteiger charge is -2.38. The van der Waals surface area contributed by atoms with Crippen LogP contribution in [0.25, 0.3) is 0 Å². The van der Waals surface area contributed by atoms with Crippen LogP contribution in [0.2, 0.25) is 0 Å². The summed E-state index contributed by atoms with van der Waals surface area (Å²) in [7, 11) is 1.63. The number of hydrogen-bond donors (Lipinski definition) is 0. The van der Waals surface area contributed by atoms with Crippen LogP contribution in [0.1, 0.15) is 53.5 Å². The van der Waals surface area contributed by atoms with E-state index in [-0.39, 0.29) is 19.2 Å². The maximum Gasteiger partial charge on any atom is 0.335 e. The summed E-state index contributed by atoms with van der Waals surface area (Å²) in [5, 5.41) is 0. The van der Waals surface area contributed by atoms with Crippen LogP contribution < -0.4 is 9.47 Å². The number of ether oxygens (including phenoxy) is 4. The summed E-state index contributed by atoms with van der Waals surface area (Å²) >= 11 is 0. The van der Waals surface area contributed by atoms with Crippen molar-refractivity contribution in [2.45, 2.75) is 60.2 Å². The molecule has 0 amide bonds. The highest BCUT2D eigenvalue weighted by Crippen LogP contribution is 2.49. The van der Waals surface area contributed by atoms with Crippen molar-refractivity contribution in [3.8, 4) is 11.5 Å². The highest BCUT2D eigenvalue weighted by molar-refractivity contribution is 5.93.